The van der Waals surface area contributed by atoms with Crippen LogP contribution in [0.5, 0.6) is 0 Å². The zero-order valence-corrected chi connectivity index (χ0v) is 18.6. The van der Waals surface area contributed by atoms with Gasteiger partial charge in [-0.15, -0.1) is 24.8 Å². The zero-order chi connectivity index (χ0) is 18.8. The third-order valence-electron chi connectivity index (χ3n) is 5.98. The number of nitrogens with one attached hydrogen (secondary N) is 1. The van der Waals surface area contributed by atoms with Crippen LogP contribution in [0.25, 0.3) is 22.2 Å². The van der Waals surface area contributed by atoms with Crippen molar-refractivity contribution in [3.63, 3.8) is 0 Å². The predicted molar refractivity (Wildman–Crippen MR) is 126 cm³/mol. The topological polar surface area (TPSA) is 50.3 Å². The maximum absolute atomic E-state index is 6.18. The molecule has 0 bridgehead atoms. The minimum atomic E-state index is 0. The molecule has 0 amide bonds. The summed E-state index contributed by atoms with van der Waals surface area (Å²) in [7, 11) is 0. The van der Waals surface area contributed by atoms with Crippen molar-refractivity contribution >= 4 is 35.6 Å². The van der Waals surface area contributed by atoms with E-state index in [0.717, 1.165) is 69.1 Å². The van der Waals surface area contributed by atoms with E-state index in [1.54, 1.807) is 0 Å². The molecule has 3 aromatic rings. The van der Waals surface area contributed by atoms with E-state index >= 15 is 0 Å². The predicted octanol–water partition coefficient (Wildman–Crippen LogP) is 4.09. The second kappa shape index (κ2) is 10.0. The Morgan fingerprint density at radius 3 is 2.50 bits per heavy atom. The van der Waals surface area contributed by atoms with Crippen molar-refractivity contribution in [2.75, 3.05) is 32.8 Å². The minimum absolute atomic E-state index is 0. The summed E-state index contributed by atoms with van der Waals surface area (Å²) in [6.07, 6.45) is 6.16. The number of halogens is 2. The van der Waals surface area contributed by atoms with Crippen LogP contribution in [0.4, 0.5) is 0 Å². The van der Waals surface area contributed by atoms with Gasteiger partial charge in [0.1, 0.15) is 0 Å². The first kappa shape index (κ1) is 22.9. The highest BCUT2D eigenvalue weighted by atomic mass is 35.5. The van der Waals surface area contributed by atoms with Crippen molar-refractivity contribution in [1.29, 1.82) is 0 Å². The first-order chi connectivity index (χ1) is 13.8. The number of fused-ring (bicyclic) bond motifs is 1. The largest absolute Gasteiger partial charge is 0.372 e. The fourth-order valence-corrected chi connectivity index (χ4v) is 4.50. The number of nitrogens with zero attached hydrogens (tertiary/aromatic N) is 3. The molecule has 0 aliphatic carbocycles. The van der Waals surface area contributed by atoms with Crippen LogP contribution in [-0.2, 0) is 11.3 Å². The number of hydrogen-bond donors (Lipinski definition) is 1. The van der Waals surface area contributed by atoms with E-state index < -0.39 is 0 Å². The Morgan fingerprint density at radius 1 is 0.967 bits per heavy atom. The Kier molecular flexibility index (Phi) is 7.66. The maximum Gasteiger partial charge on any atom is 0.159 e. The van der Waals surface area contributed by atoms with Crippen LogP contribution in [0.3, 0.4) is 0 Å². The lowest BCUT2D eigenvalue weighted by Crippen LogP contribution is -2.55. The molecule has 3 heterocycles. The average Bonchev–Trinajstić information content (AvgIpc) is 2.75. The first-order valence-corrected chi connectivity index (χ1v) is 10.2. The lowest BCUT2D eigenvalue weighted by atomic mass is 9.90. The summed E-state index contributed by atoms with van der Waals surface area (Å²) in [6, 6.07) is 14.7. The van der Waals surface area contributed by atoms with Crippen LogP contribution in [0.1, 0.15) is 18.4 Å². The van der Waals surface area contributed by atoms with Gasteiger partial charge < -0.3 is 10.1 Å². The summed E-state index contributed by atoms with van der Waals surface area (Å²) in [5.74, 6) is 0.789. The Morgan fingerprint density at radius 2 is 1.70 bits per heavy atom. The smallest absolute Gasteiger partial charge is 0.159 e. The molecule has 1 N–H and O–H groups in total. The van der Waals surface area contributed by atoms with Crippen LogP contribution < -0.4 is 5.32 Å². The monoisotopic (exact) mass is 446 g/mol. The fraction of sp³-hybridized carbons (Fsp3) is 0.391. The molecule has 0 unspecified atom stereocenters. The molecule has 0 radical (unpaired) electrons. The molecule has 1 spiro atoms. The summed E-state index contributed by atoms with van der Waals surface area (Å²) in [6.45, 7) is 5.77. The molecule has 0 saturated carbocycles. The van der Waals surface area contributed by atoms with Crippen molar-refractivity contribution < 1.29 is 4.74 Å². The molecule has 5 rings (SSSR count). The summed E-state index contributed by atoms with van der Waals surface area (Å²) in [5.41, 5.74) is 2.28. The number of ether oxygens (including phenoxy) is 1. The quantitative estimate of drug-likeness (QED) is 0.656. The Hall–Kier alpha value is -1.76. The maximum atomic E-state index is 6.18. The molecule has 1 aromatic heterocycles. The number of hydrogen-bond acceptors (Lipinski definition) is 5. The van der Waals surface area contributed by atoms with E-state index in [-0.39, 0.29) is 30.4 Å². The standard InChI is InChI=1S/C23H26N4O.2ClH/c1-2-6-20-19(4-1)5-3-7-21(20)22-25-14-18(15-26-22)16-27-12-13-28-23(17-27)8-10-24-11-9-23;;/h1-7,14-15,24H,8-13,16-17H2;2*1H. The van der Waals surface area contributed by atoms with Gasteiger partial charge in [-0.1, -0.05) is 42.5 Å². The second-order valence-electron chi connectivity index (χ2n) is 7.93. The molecule has 2 saturated heterocycles. The summed E-state index contributed by atoms with van der Waals surface area (Å²) < 4.78 is 6.18. The molecule has 30 heavy (non-hydrogen) atoms. The third kappa shape index (κ3) is 4.76. The van der Waals surface area contributed by atoms with Crippen molar-refractivity contribution in [3.8, 4) is 11.4 Å². The van der Waals surface area contributed by atoms with Gasteiger partial charge in [-0.25, -0.2) is 9.97 Å². The highest BCUT2D eigenvalue weighted by Crippen LogP contribution is 2.29. The van der Waals surface area contributed by atoms with Crippen LogP contribution in [0, 0.1) is 0 Å². The number of rotatable bonds is 3. The molecular weight excluding hydrogens is 419 g/mol. The molecule has 2 aliphatic rings. The number of morpholine rings is 1. The van der Waals surface area contributed by atoms with Crippen LogP contribution in [-0.4, -0.2) is 53.3 Å². The molecule has 2 fully saturated rings. The van der Waals surface area contributed by atoms with Gasteiger partial charge in [-0.05, 0) is 36.7 Å². The van der Waals surface area contributed by atoms with Crippen LogP contribution in [0.2, 0.25) is 0 Å². The second-order valence-corrected chi connectivity index (χ2v) is 7.93. The summed E-state index contributed by atoms with van der Waals surface area (Å²) in [4.78, 5) is 11.9. The lowest BCUT2D eigenvalue weighted by molar-refractivity contribution is -0.125. The van der Waals surface area contributed by atoms with E-state index in [1.165, 1.54) is 10.8 Å². The molecule has 0 atom stereocenters. The van der Waals surface area contributed by atoms with Crippen LogP contribution >= 0.6 is 24.8 Å². The van der Waals surface area contributed by atoms with Gasteiger partial charge in [-0.3, -0.25) is 4.90 Å². The minimum Gasteiger partial charge on any atom is -0.372 e. The summed E-state index contributed by atoms with van der Waals surface area (Å²) >= 11 is 0. The van der Waals surface area contributed by atoms with Gasteiger partial charge in [0, 0.05) is 43.2 Å². The molecule has 7 heteroatoms. The number of benzene rings is 2. The van der Waals surface area contributed by atoms with Crippen molar-refractivity contribution in [2.45, 2.75) is 25.0 Å². The lowest BCUT2D eigenvalue weighted by Gasteiger charge is -2.45. The molecular formula is C23H28Cl2N4O. The molecule has 2 aliphatic heterocycles. The zero-order valence-electron chi connectivity index (χ0n) is 16.9. The van der Waals surface area contributed by atoms with Crippen LogP contribution in [0.15, 0.2) is 54.9 Å². The van der Waals surface area contributed by atoms with Crippen molar-refractivity contribution in [3.05, 3.63) is 60.4 Å². The van der Waals surface area contributed by atoms with Gasteiger partial charge in [0.05, 0.1) is 12.2 Å². The highest BCUT2D eigenvalue weighted by molar-refractivity contribution is 5.94. The summed E-state index contributed by atoms with van der Waals surface area (Å²) in [5, 5.41) is 5.85. The molecule has 2 aromatic carbocycles. The van der Waals surface area contributed by atoms with E-state index in [4.69, 9.17) is 4.74 Å². The molecule has 160 valence electrons. The van der Waals surface area contributed by atoms with E-state index in [2.05, 4.69) is 62.6 Å². The van der Waals surface area contributed by atoms with Crippen molar-refractivity contribution in [1.82, 2.24) is 20.2 Å². The fourth-order valence-electron chi connectivity index (χ4n) is 4.50. The Labute approximate surface area is 190 Å². The SMILES string of the molecule is Cl.Cl.c1ccc2c(-c3ncc(CN4CCOC5(CCNCC5)C4)cn3)cccc2c1. The van der Waals surface area contributed by atoms with Crippen molar-refractivity contribution in [2.24, 2.45) is 0 Å². The van der Waals surface area contributed by atoms with Gasteiger partial charge in [-0.2, -0.15) is 0 Å². The van der Waals surface area contributed by atoms with Gasteiger partial charge in [0.2, 0.25) is 0 Å². The number of piperidine rings is 1. The van der Waals surface area contributed by atoms with Gasteiger partial charge in [0.25, 0.3) is 0 Å². The number of aromatic nitrogens is 2. The van der Waals surface area contributed by atoms with Gasteiger partial charge in [0.15, 0.2) is 5.82 Å². The van der Waals surface area contributed by atoms with E-state index in [9.17, 15) is 0 Å². The normalized spacial score (nSPS) is 18.5. The molecule has 5 nitrogen and oxygen atoms in total. The first-order valence-electron chi connectivity index (χ1n) is 10.2. The van der Waals surface area contributed by atoms with E-state index in [1.807, 2.05) is 12.4 Å². The highest BCUT2D eigenvalue weighted by Gasteiger charge is 2.37. The Bertz CT molecular complexity index is 950. The Balaban J connectivity index is 0.00000128. The average molecular weight is 447 g/mol. The third-order valence-corrected chi connectivity index (χ3v) is 5.98. The van der Waals surface area contributed by atoms with E-state index in [0.29, 0.717) is 0 Å². The van der Waals surface area contributed by atoms with Gasteiger partial charge >= 0.3 is 0 Å².